The molecule has 2 N–H and O–H groups in total. The van der Waals surface area contributed by atoms with Gasteiger partial charge in [-0.05, 0) is 42.8 Å². The monoisotopic (exact) mass is 366 g/mol. The number of benzene rings is 2. The van der Waals surface area contributed by atoms with E-state index in [1.165, 1.54) is 25.2 Å². The van der Waals surface area contributed by atoms with Gasteiger partial charge in [-0.15, -0.1) is 0 Å². The molecule has 0 bridgehead atoms. The highest BCUT2D eigenvalue weighted by atomic mass is 35.5. The fraction of sp³-hybridized carbons (Fsp3) is 0.235. The van der Waals surface area contributed by atoms with Crippen molar-refractivity contribution >= 4 is 33.2 Å². The van der Waals surface area contributed by atoms with Gasteiger partial charge in [0, 0.05) is 5.69 Å². The largest absolute Gasteiger partial charge is 0.322 e. The number of hydrogen-bond donors (Lipinski definition) is 2. The maximum absolute atomic E-state index is 12.6. The SMILES string of the molecule is CNS(=O)(=O)c1ccc(Cl)c(C(=O)Nc2ccccc2C(C)C)c1. The number of halogens is 1. The van der Waals surface area contributed by atoms with Crippen molar-refractivity contribution in [1.29, 1.82) is 0 Å². The first-order chi connectivity index (χ1) is 11.3. The molecule has 0 spiro atoms. The van der Waals surface area contributed by atoms with Crippen molar-refractivity contribution in [2.24, 2.45) is 0 Å². The Labute approximate surface area is 147 Å². The topological polar surface area (TPSA) is 75.3 Å². The van der Waals surface area contributed by atoms with Gasteiger partial charge in [0.25, 0.3) is 5.91 Å². The van der Waals surface area contributed by atoms with E-state index in [-0.39, 0.29) is 21.4 Å². The van der Waals surface area contributed by atoms with Crippen molar-refractivity contribution in [3.63, 3.8) is 0 Å². The number of anilines is 1. The number of rotatable bonds is 5. The summed E-state index contributed by atoms with van der Waals surface area (Å²) in [7, 11) is -2.35. The molecule has 0 radical (unpaired) electrons. The van der Waals surface area contributed by atoms with Gasteiger partial charge in [-0.2, -0.15) is 0 Å². The van der Waals surface area contributed by atoms with Gasteiger partial charge in [0.15, 0.2) is 0 Å². The molecule has 2 rings (SSSR count). The van der Waals surface area contributed by atoms with Crippen LogP contribution in [-0.4, -0.2) is 21.4 Å². The number of carbonyl (C=O) groups is 1. The zero-order chi connectivity index (χ0) is 17.9. The van der Waals surface area contributed by atoms with E-state index in [1.54, 1.807) is 6.07 Å². The van der Waals surface area contributed by atoms with E-state index >= 15 is 0 Å². The van der Waals surface area contributed by atoms with Crippen LogP contribution in [0.25, 0.3) is 0 Å². The Morgan fingerprint density at radius 3 is 2.42 bits per heavy atom. The standard InChI is InChI=1S/C17H19ClN2O3S/c1-11(2)13-6-4-5-7-16(13)20-17(21)14-10-12(8-9-15(14)18)24(22,23)19-3/h4-11,19H,1-3H3,(H,20,21). The molecular formula is C17H19ClN2O3S. The zero-order valence-corrected chi connectivity index (χ0v) is 15.2. The van der Waals surface area contributed by atoms with Crippen molar-refractivity contribution in [1.82, 2.24) is 4.72 Å². The second-order valence-electron chi connectivity index (χ2n) is 5.55. The first kappa shape index (κ1) is 18.4. The summed E-state index contributed by atoms with van der Waals surface area (Å²) in [6, 6.07) is 11.5. The van der Waals surface area contributed by atoms with E-state index in [9.17, 15) is 13.2 Å². The molecule has 7 heteroatoms. The Kier molecular flexibility index (Phi) is 5.64. The van der Waals surface area contributed by atoms with E-state index in [4.69, 9.17) is 11.6 Å². The molecule has 0 heterocycles. The van der Waals surface area contributed by atoms with E-state index in [1.807, 2.05) is 32.0 Å². The summed E-state index contributed by atoms with van der Waals surface area (Å²) in [5, 5.41) is 2.99. The predicted octanol–water partition coefficient (Wildman–Crippen LogP) is 3.62. The first-order valence-electron chi connectivity index (χ1n) is 7.39. The fourth-order valence-corrected chi connectivity index (χ4v) is 3.23. The van der Waals surface area contributed by atoms with E-state index in [0.29, 0.717) is 5.69 Å². The van der Waals surface area contributed by atoms with Gasteiger partial charge in [-0.3, -0.25) is 4.79 Å². The van der Waals surface area contributed by atoms with Crippen LogP contribution in [0, 0.1) is 0 Å². The van der Waals surface area contributed by atoms with Crippen molar-refractivity contribution in [2.45, 2.75) is 24.7 Å². The molecule has 0 saturated carbocycles. The fourth-order valence-electron chi connectivity index (χ4n) is 2.27. The number of para-hydroxylation sites is 1. The number of hydrogen-bond acceptors (Lipinski definition) is 3. The van der Waals surface area contributed by atoms with Crippen molar-refractivity contribution in [3.8, 4) is 0 Å². The van der Waals surface area contributed by atoms with Crippen LogP contribution >= 0.6 is 11.6 Å². The normalized spacial score (nSPS) is 11.5. The third-order valence-electron chi connectivity index (χ3n) is 3.59. The summed E-state index contributed by atoms with van der Waals surface area (Å²) in [5.74, 6) is -0.228. The second-order valence-corrected chi connectivity index (χ2v) is 7.84. The number of amides is 1. The van der Waals surface area contributed by atoms with E-state index < -0.39 is 15.9 Å². The van der Waals surface area contributed by atoms with Crippen LogP contribution in [0.5, 0.6) is 0 Å². The molecule has 0 aliphatic carbocycles. The van der Waals surface area contributed by atoms with Gasteiger partial charge < -0.3 is 5.32 Å². The Morgan fingerprint density at radius 1 is 1.12 bits per heavy atom. The number of sulfonamides is 1. The van der Waals surface area contributed by atoms with Crippen LogP contribution < -0.4 is 10.0 Å². The number of carbonyl (C=O) groups excluding carboxylic acids is 1. The van der Waals surface area contributed by atoms with Crippen LogP contribution in [0.3, 0.4) is 0 Å². The average molecular weight is 367 g/mol. The lowest BCUT2D eigenvalue weighted by molar-refractivity contribution is 0.102. The van der Waals surface area contributed by atoms with Gasteiger partial charge in [0.2, 0.25) is 10.0 Å². The maximum atomic E-state index is 12.6. The second kappa shape index (κ2) is 7.34. The summed E-state index contributed by atoms with van der Waals surface area (Å²) in [5.41, 5.74) is 1.77. The molecule has 0 fully saturated rings. The van der Waals surface area contributed by atoms with Crippen molar-refractivity contribution < 1.29 is 13.2 Å². The summed E-state index contributed by atoms with van der Waals surface area (Å²) in [6.45, 7) is 4.05. The molecule has 0 aliphatic rings. The Hall–Kier alpha value is -1.89. The van der Waals surface area contributed by atoms with Gasteiger partial charge >= 0.3 is 0 Å². The van der Waals surface area contributed by atoms with Gasteiger partial charge in [0.1, 0.15) is 0 Å². The van der Waals surface area contributed by atoms with Crippen LogP contribution in [0.2, 0.25) is 5.02 Å². The molecule has 2 aromatic carbocycles. The molecule has 0 saturated heterocycles. The third kappa shape index (κ3) is 3.95. The molecule has 0 aromatic heterocycles. The lowest BCUT2D eigenvalue weighted by atomic mass is 10.0. The summed E-state index contributed by atoms with van der Waals surface area (Å²) < 4.78 is 26.0. The lowest BCUT2D eigenvalue weighted by Crippen LogP contribution is -2.20. The molecule has 2 aromatic rings. The molecule has 0 aliphatic heterocycles. The quantitative estimate of drug-likeness (QED) is 0.848. The number of nitrogens with one attached hydrogen (secondary N) is 2. The van der Waals surface area contributed by atoms with Crippen molar-refractivity contribution in [2.75, 3.05) is 12.4 Å². The Balaban J connectivity index is 2.39. The van der Waals surface area contributed by atoms with Gasteiger partial charge in [0.05, 0.1) is 15.5 Å². The average Bonchev–Trinajstić information content (AvgIpc) is 2.55. The zero-order valence-electron chi connectivity index (χ0n) is 13.6. The molecule has 128 valence electrons. The van der Waals surface area contributed by atoms with E-state index in [2.05, 4.69) is 10.0 Å². The molecule has 0 atom stereocenters. The molecule has 0 unspecified atom stereocenters. The summed E-state index contributed by atoms with van der Waals surface area (Å²) in [4.78, 5) is 12.5. The minimum Gasteiger partial charge on any atom is -0.322 e. The first-order valence-corrected chi connectivity index (χ1v) is 9.25. The molecule has 24 heavy (non-hydrogen) atoms. The highest BCUT2D eigenvalue weighted by Crippen LogP contribution is 2.26. The van der Waals surface area contributed by atoms with E-state index in [0.717, 1.165) is 5.56 Å². The van der Waals surface area contributed by atoms with Crippen molar-refractivity contribution in [3.05, 3.63) is 58.6 Å². The lowest BCUT2D eigenvalue weighted by Gasteiger charge is -2.14. The van der Waals surface area contributed by atoms with Crippen LogP contribution in [0.1, 0.15) is 35.7 Å². The predicted molar refractivity (Wildman–Crippen MR) is 96.2 cm³/mol. The minimum atomic E-state index is -3.65. The van der Waals surface area contributed by atoms with Gasteiger partial charge in [-0.25, -0.2) is 13.1 Å². The molecule has 5 nitrogen and oxygen atoms in total. The summed E-state index contributed by atoms with van der Waals surface area (Å²) >= 11 is 6.08. The van der Waals surface area contributed by atoms with Gasteiger partial charge in [-0.1, -0.05) is 43.6 Å². The Morgan fingerprint density at radius 2 is 1.79 bits per heavy atom. The molecular weight excluding hydrogens is 348 g/mol. The molecule has 1 amide bonds. The maximum Gasteiger partial charge on any atom is 0.257 e. The smallest absolute Gasteiger partial charge is 0.257 e. The minimum absolute atomic E-state index is 0.0169. The highest BCUT2D eigenvalue weighted by Gasteiger charge is 2.18. The summed E-state index contributed by atoms with van der Waals surface area (Å²) in [6.07, 6.45) is 0. The Bertz CT molecular complexity index is 864. The van der Waals surface area contributed by atoms with Crippen LogP contribution in [0.4, 0.5) is 5.69 Å². The highest BCUT2D eigenvalue weighted by molar-refractivity contribution is 7.89. The van der Waals surface area contributed by atoms with Crippen LogP contribution in [-0.2, 0) is 10.0 Å². The van der Waals surface area contributed by atoms with Crippen LogP contribution in [0.15, 0.2) is 47.4 Å². The third-order valence-corrected chi connectivity index (χ3v) is 5.33.